The molecule has 2 aliphatic heterocycles. The first-order valence-electron chi connectivity index (χ1n) is 11.1. The van der Waals surface area contributed by atoms with Crippen LogP contribution in [0.25, 0.3) is 0 Å². The van der Waals surface area contributed by atoms with Crippen LogP contribution in [-0.2, 0) is 21.4 Å². The number of piperidine rings is 1. The first-order chi connectivity index (χ1) is 15.1. The van der Waals surface area contributed by atoms with E-state index in [4.69, 9.17) is 9.47 Å². The van der Waals surface area contributed by atoms with Gasteiger partial charge in [0.2, 0.25) is 0 Å². The van der Waals surface area contributed by atoms with Gasteiger partial charge < -0.3 is 29.9 Å². The van der Waals surface area contributed by atoms with Gasteiger partial charge in [-0.05, 0) is 50.4 Å². The van der Waals surface area contributed by atoms with E-state index >= 15 is 0 Å². The number of hydrogen-bond acceptors (Lipinski definition) is 7. The van der Waals surface area contributed by atoms with Crippen LogP contribution in [0.5, 0.6) is 11.5 Å². The second-order valence-electron chi connectivity index (χ2n) is 9.83. The van der Waals surface area contributed by atoms with Gasteiger partial charge in [-0.2, -0.15) is 13.5 Å². The molecule has 5 atom stereocenters. The van der Waals surface area contributed by atoms with Crippen LogP contribution in [0, 0.1) is 5.92 Å². The van der Waals surface area contributed by atoms with Crippen molar-refractivity contribution in [3.63, 3.8) is 0 Å². The number of aliphatic hydroxyl groups is 1. The highest BCUT2D eigenvalue weighted by atomic mass is 32.1. The molecule has 4 aliphatic rings. The molecule has 0 aromatic heterocycles. The third-order valence-electron chi connectivity index (χ3n) is 7.92. The van der Waals surface area contributed by atoms with E-state index in [-0.39, 0.29) is 43.4 Å². The van der Waals surface area contributed by atoms with Crippen LogP contribution in [0.4, 0.5) is 4.79 Å². The number of benzene rings is 1. The Balaban J connectivity index is 0.00000259. The number of rotatable bonds is 4. The zero-order chi connectivity index (χ0) is 23.0. The molecule has 3 N–H and O–H groups in total. The maximum atomic E-state index is 12.9. The van der Waals surface area contributed by atoms with Gasteiger partial charge in [0.05, 0.1) is 11.0 Å². The molecular formula is C23H30N2O7S. The van der Waals surface area contributed by atoms with Gasteiger partial charge in [-0.3, -0.25) is 4.79 Å². The molecule has 2 bridgehead atoms. The number of carbonyl (C=O) groups excluding carboxylic acids is 2. The lowest BCUT2D eigenvalue weighted by Gasteiger charge is -2.61. The van der Waals surface area contributed by atoms with E-state index in [0.29, 0.717) is 25.0 Å². The van der Waals surface area contributed by atoms with Crippen LogP contribution in [0.15, 0.2) is 12.1 Å². The van der Waals surface area contributed by atoms with Gasteiger partial charge in [-0.15, -0.1) is 0 Å². The number of carboxylic acids is 1. The predicted molar refractivity (Wildman–Crippen MR) is 122 cm³/mol. The van der Waals surface area contributed by atoms with Crippen LogP contribution in [0.2, 0.25) is 0 Å². The molecule has 2 aliphatic carbocycles. The highest BCUT2D eigenvalue weighted by Crippen LogP contribution is 2.64. The Hall–Kier alpha value is -2.30. The minimum absolute atomic E-state index is 0. The van der Waals surface area contributed by atoms with Crippen molar-refractivity contribution in [2.75, 3.05) is 13.6 Å². The fraction of sp³-hybridized carbons (Fsp3) is 0.609. The summed E-state index contributed by atoms with van der Waals surface area (Å²) in [6, 6.07) is 2.26. The van der Waals surface area contributed by atoms with Crippen LogP contribution in [0.3, 0.4) is 0 Å². The molecule has 1 spiro atoms. The number of carbonyl (C=O) groups is 3. The SMILES string of the molecule is CC(C)C(NC(=O)Oc1ccc2c3c1O[C@H]1C(=O)CC[C@@]4(O)[C@@H](C2)N(C)CC[C@]314)C(=O)O.S. The zero-order valence-electron chi connectivity index (χ0n) is 18.9. The largest absolute Gasteiger partial charge is 0.480 e. The standard InChI is InChI=1S/C23H28N2O7.H2S/c1-11(2)17(20(27)28)24-21(29)31-14-5-4-12-10-15-23(30)7-6-13(26)19-22(23,8-9-25(15)3)16(12)18(14)32-19;/h4-5,11,15,17,19,30H,6-10H2,1-3H3,(H,24,29)(H,27,28);1H2/t15-,17?,19+,22+,23-;/m1./s1. The summed E-state index contributed by atoms with van der Waals surface area (Å²) in [4.78, 5) is 39.0. The number of likely N-dealkylation sites (N-methyl/N-ethyl adjacent to an activating group) is 1. The lowest BCUT2D eigenvalue weighted by molar-refractivity contribution is -0.185. The molecule has 5 rings (SSSR count). The third-order valence-corrected chi connectivity index (χ3v) is 7.92. The molecular weight excluding hydrogens is 448 g/mol. The summed E-state index contributed by atoms with van der Waals surface area (Å²) in [6.45, 7) is 4.10. The summed E-state index contributed by atoms with van der Waals surface area (Å²) in [5.41, 5.74) is -0.216. The molecule has 0 radical (unpaired) electrons. The normalized spacial score (nSPS) is 32.3. The first kappa shape index (κ1) is 23.8. The smallest absolute Gasteiger partial charge is 0.413 e. The second kappa shape index (κ2) is 7.89. The third kappa shape index (κ3) is 3.10. The van der Waals surface area contributed by atoms with Crippen molar-refractivity contribution in [2.24, 2.45) is 5.92 Å². The van der Waals surface area contributed by atoms with E-state index in [1.807, 2.05) is 13.1 Å². The number of hydrogen-bond donors (Lipinski definition) is 3. The lowest BCUT2D eigenvalue weighted by Crippen LogP contribution is -2.76. The van der Waals surface area contributed by atoms with Crippen molar-refractivity contribution in [3.05, 3.63) is 23.3 Å². The van der Waals surface area contributed by atoms with E-state index in [9.17, 15) is 24.6 Å². The topological polar surface area (TPSA) is 125 Å². The minimum atomic E-state index is -1.15. The van der Waals surface area contributed by atoms with Crippen molar-refractivity contribution in [3.8, 4) is 11.5 Å². The first-order valence-corrected chi connectivity index (χ1v) is 11.1. The monoisotopic (exact) mass is 478 g/mol. The maximum Gasteiger partial charge on any atom is 0.413 e. The molecule has 2 heterocycles. The number of ether oxygens (including phenoxy) is 2. The Labute approximate surface area is 198 Å². The summed E-state index contributed by atoms with van der Waals surface area (Å²) in [7, 11) is 2.00. The number of amides is 1. The summed E-state index contributed by atoms with van der Waals surface area (Å²) in [5.74, 6) is -1.09. The highest BCUT2D eigenvalue weighted by molar-refractivity contribution is 7.59. The van der Waals surface area contributed by atoms with Gasteiger partial charge in [0.25, 0.3) is 0 Å². The van der Waals surface area contributed by atoms with Crippen LogP contribution >= 0.6 is 13.5 Å². The Morgan fingerprint density at radius 2 is 2.03 bits per heavy atom. The number of likely N-dealkylation sites (tertiary alicyclic amines) is 1. The average Bonchev–Trinajstić information content (AvgIpc) is 3.08. The Bertz CT molecular complexity index is 1030. The van der Waals surface area contributed by atoms with Gasteiger partial charge in [0, 0.05) is 18.0 Å². The molecule has 1 unspecified atom stereocenters. The van der Waals surface area contributed by atoms with Crippen LogP contribution in [-0.4, -0.2) is 70.3 Å². The molecule has 1 aromatic carbocycles. The van der Waals surface area contributed by atoms with Crippen LogP contribution < -0.4 is 14.8 Å². The molecule has 1 amide bonds. The number of ketones is 1. The number of nitrogens with zero attached hydrogens (tertiary/aromatic N) is 1. The number of aliphatic carboxylic acids is 1. The number of Topliss-reactive ketones (excluding diaryl/α,β-unsaturated/α-hetero) is 1. The molecule has 180 valence electrons. The van der Waals surface area contributed by atoms with Crippen molar-refractivity contribution < 1.29 is 34.1 Å². The van der Waals surface area contributed by atoms with Crippen LogP contribution in [0.1, 0.15) is 44.2 Å². The zero-order valence-corrected chi connectivity index (χ0v) is 19.9. The molecule has 1 saturated heterocycles. The van der Waals surface area contributed by atoms with Crippen molar-refractivity contribution in [2.45, 2.75) is 68.7 Å². The van der Waals surface area contributed by atoms with E-state index in [1.165, 1.54) is 0 Å². The fourth-order valence-electron chi connectivity index (χ4n) is 6.37. The van der Waals surface area contributed by atoms with Crippen molar-refractivity contribution in [1.82, 2.24) is 10.2 Å². The molecule has 2 fully saturated rings. The Morgan fingerprint density at radius 1 is 1.30 bits per heavy atom. The predicted octanol–water partition coefficient (Wildman–Crippen LogP) is 1.35. The van der Waals surface area contributed by atoms with Crippen molar-refractivity contribution in [1.29, 1.82) is 0 Å². The van der Waals surface area contributed by atoms with Gasteiger partial charge >= 0.3 is 12.1 Å². The Morgan fingerprint density at radius 3 is 2.70 bits per heavy atom. The van der Waals surface area contributed by atoms with Gasteiger partial charge in [-0.1, -0.05) is 19.9 Å². The Kier molecular flexibility index (Phi) is 5.70. The lowest BCUT2D eigenvalue weighted by atomic mass is 9.49. The van der Waals surface area contributed by atoms with E-state index < -0.39 is 35.2 Å². The minimum Gasteiger partial charge on any atom is -0.480 e. The van der Waals surface area contributed by atoms with E-state index in [0.717, 1.165) is 17.7 Å². The van der Waals surface area contributed by atoms with Gasteiger partial charge in [-0.25, -0.2) is 9.59 Å². The molecule has 33 heavy (non-hydrogen) atoms. The molecule has 1 saturated carbocycles. The highest BCUT2D eigenvalue weighted by Gasteiger charge is 2.72. The fourth-order valence-corrected chi connectivity index (χ4v) is 6.37. The summed E-state index contributed by atoms with van der Waals surface area (Å²) in [5, 5.41) is 23.7. The number of carboxylic acid groups (broad SMARTS) is 1. The number of nitrogens with one attached hydrogen (secondary N) is 1. The average molecular weight is 479 g/mol. The van der Waals surface area contributed by atoms with Crippen molar-refractivity contribution >= 4 is 31.3 Å². The molecule has 1 aromatic rings. The summed E-state index contributed by atoms with van der Waals surface area (Å²) >= 11 is 0. The van der Waals surface area contributed by atoms with E-state index in [1.54, 1.807) is 19.9 Å². The summed E-state index contributed by atoms with van der Waals surface area (Å²) < 4.78 is 11.7. The molecule has 9 nitrogen and oxygen atoms in total. The van der Waals surface area contributed by atoms with Gasteiger partial charge in [0.1, 0.15) is 6.04 Å². The van der Waals surface area contributed by atoms with E-state index in [2.05, 4.69) is 10.2 Å². The quantitative estimate of drug-likeness (QED) is 0.592. The second-order valence-corrected chi connectivity index (χ2v) is 9.83. The molecule has 10 heteroatoms. The summed E-state index contributed by atoms with van der Waals surface area (Å²) in [6.07, 6.45) is 0.0692. The van der Waals surface area contributed by atoms with Gasteiger partial charge in [0.15, 0.2) is 23.4 Å². The maximum absolute atomic E-state index is 12.9.